The Balaban J connectivity index is 1.63. The SMILES string of the molecule is CN1C(=O)[C@]2(Cl)C[C@@H]3C(=CCn4c(=O)n(-c5ccccc5)c(=O)n43)[C@H](c3ccc(O)cc3Cl)[C@]2(Cl)C1=O. The zero-order valence-corrected chi connectivity index (χ0v) is 21.5. The third-order valence-corrected chi connectivity index (χ3v) is 9.33. The number of rotatable bonds is 2. The van der Waals surface area contributed by atoms with Gasteiger partial charge < -0.3 is 5.11 Å². The highest BCUT2D eigenvalue weighted by Crippen LogP contribution is 2.63. The summed E-state index contributed by atoms with van der Waals surface area (Å²) in [6.07, 6.45) is 1.52. The van der Waals surface area contributed by atoms with E-state index < -0.39 is 44.9 Å². The van der Waals surface area contributed by atoms with Crippen molar-refractivity contribution in [1.82, 2.24) is 18.8 Å². The molecular weight excluding hydrogens is 543 g/mol. The Bertz CT molecular complexity index is 1660. The summed E-state index contributed by atoms with van der Waals surface area (Å²) >= 11 is 20.7. The van der Waals surface area contributed by atoms with Crippen molar-refractivity contribution in [2.75, 3.05) is 7.05 Å². The standard InChI is InChI=1S/C25H19Cl3N4O5/c1-29-20(34)24(27)12-18-16(19(25(24,28)21(29)35)15-8-7-14(33)11-17(15)26)9-10-30-22(36)31(23(37)32(18)30)13-5-3-2-4-6-13/h2-9,11,18-19,33H,10,12H2,1H3/t18-,19+,24-,25+/m1/s1. The second-order valence-corrected chi connectivity index (χ2v) is 11.1. The van der Waals surface area contributed by atoms with Gasteiger partial charge in [-0.15, -0.1) is 23.2 Å². The lowest BCUT2D eigenvalue weighted by atomic mass is 9.64. The Labute approximate surface area is 224 Å². The average Bonchev–Trinajstić information content (AvgIpc) is 3.20. The van der Waals surface area contributed by atoms with Crippen LogP contribution in [0.25, 0.3) is 5.69 Å². The highest BCUT2D eigenvalue weighted by Gasteiger charge is 2.75. The number of benzene rings is 2. The van der Waals surface area contributed by atoms with Crippen molar-refractivity contribution in [3.8, 4) is 11.4 Å². The van der Waals surface area contributed by atoms with Crippen molar-refractivity contribution in [3.05, 3.63) is 91.7 Å². The first-order valence-electron chi connectivity index (χ1n) is 11.4. The summed E-state index contributed by atoms with van der Waals surface area (Å²) < 4.78 is 3.62. The van der Waals surface area contributed by atoms with Gasteiger partial charge in [-0.05, 0) is 35.4 Å². The van der Waals surface area contributed by atoms with Crippen molar-refractivity contribution in [1.29, 1.82) is 0 Å². The van der Waals surface area contributed by atoms with Crippen LogP contribution in [0.5, 0.6) is 5.75 Å². The average molecular weight is 562 g/mol. The van der Waals surface area contributed by atoms with Crippen LogP contribution >= 0.6 is 34.8 Å². The van der Waals surface area contributed by atoms with Crippen LogP contribution in [0.1, 0.15) is 23.9 Å². The van der Waals surface area contributed by atoms with E-state index in [9.17, 15) is 24.3 Å². The van der Waals surface area contributed by atoms with E-state index in [0.29, 0.717) is 16.8 Å². The van der Waals surface area contributed by atoms with Crippen molar-refractivity contribution < 1.29 is 14.7 Å². The number of para-hydroxylation sites is 1. The summed E-state index contributed by atoms with van der Waals surface area (Å²) in [7, 11) is 1.30. The number of aromatic hydroxyl groups is 1. The van der Waals surface area contributed by atoms with E-state index >= 15 is 0 Å². The van der Waals surface area contributed by atoms with E-state index in [4.69, 9.17) is 34.8 Å². The summed E-state index contributed by atoms with van der Waals surface area (Å²) in [6, 6.07) is 11.8. The van der Waals surface area contributed by atoms with Gasteiger partial charge in [0.2, 0.25) is 0 Å². The minimum Gasteiger partial charge on any atom is -0.508 e. The predicted molar refractivity (Wildman–Crippen MR) is 137 cm³/mol. The minimum absolute atomic E-state index is 0.0200. The van der Waals surface area contributed by atoms with Crippen LogP contribution in [0.3, 0.4) is 0 Å². The molecule has 0 spiro atoms. The number of imide groups is 1. The lowest BCUT2D eigenvalue weighted by molar-refractivity contribution is -0.137. The zero-order chi connectivity index (χ0) is 26.4. The fraction of sp³-hybridized carbons (Fsp3) is 0.280. The van der Waals surface area contributed by atoms with Crippen LogP contribution in [0.2, 0.25) is 5.02 Å². The molecule has 4 atom stereocenters. The third-order valence-electron chi connectivity index (χ3n) is 7.59. The van der Waals surface area contributed by atoms with Crippen molar-refractivity contribution >= 4 is 46.6 Å². The molecule has 0 radical (unpaired) electrons. The topological polar surface area (TPSA) is 107 Å². The number of hydrogen-bond donors (Lipinski definition) is 1. The van der Waals surface area contributed by atoms with Crippen LogP contribution < -0.4 is 11.4 Å². The maximum Gasteiger partial charge on any atom is 0.352 e. The molecule has 6 rings (SSSR count). The van der Waals surface area contributed by atoms with Crippen LogP contribution in [-0.4, -0.2) is 52.5 Å². The molecule has 1 saturated carbocycles. The second kappa shape index (κ2) is 7.86. The van der Waals surface area contributed by atoms with Crippen LogP contribution in [0.4, 0.5) is 0 Å². The zero-order valence-electron chi connectivity index (χ0n) is 19.3. The van der Waals surface area contributed by atoms with Gasteiger partial charge in [0.1, 0.15) is 5.75 Å². The first kappa shape index (κ1) is 24.1. The molecule has 1 aliphatic carbocycles. The summed E-state index contributed by atoms with van der Waals surface area (Å²) in [5, 5.41) is 10.1. The number of nitrogens with zero attached hydrogens (tertiary/aromatic N) is 4. The molecular formula is C25H19Cl3N4O5. The molecule has 3 heterocycles. The van der Waals surface area contributed by atoms with Gasteiger partial charge in [0.25, 0.3) is 11.8 Å². The normalized spacial score (nSPS) is 28.5. The Kier molecular flexibility index (Phi) is 5.12. The number of carbonyl (C=O) groups excluding carboxylic acids is 2. The van der Waals surface area contributed by atoms with Gasteiger partial charge >= 0.3 is 11.4 Å². The summed E-state index contributed by atoms with van der Waals surface area (Å²) in [5.41, 5.74) is 0.111. The van der Waals surface area contributed by atoms with E-state index in [1.165, 1.54) is 34.6 Å². The number of alkyl halides is 2. The van der Waals surface area contributed by atoms with E-state index in [1.54, 1.807) is 36.4 Å². The molecule has 190 valence electrons. The van der Waals surface area contributed by atoms with Gasteiger partial charge in [-0.3, -0.25) is 14.5 Å². The molecule has 0 bridgehead atoms. The number of phenols is 1. The van der Waals surface area contributed by atoms with Gasteiger partial charge in [0.15, 0.2) is 9.75 Å². The highest BCUT2D eigenvalue weighted by atomic mass is 35.5. The van der Waals surface area contributed by atoms with Gasteiger partial charge in [0.05, 0.1) is 18.3 Å². The molecule has 37 heavy (non-hydrogen) atoms. The maximum absolute atomic E-state index is 13.7. The first-order valence-corrected chi connectivity index (χ1v) is 12.5. The minimum atomic E-state index is -1.96. The number of halogens is 3. The predicted octanol–water partition coefficient (Wildman–Crippen LogP) is 2.78. The van der Waals surface area contributed by atoms with Gasteiger partial charge in [-0.1, -0.05) is 41.9 Å². The molecule has 1 saturated heterocycles. The number of hydrogen-bond acceptors (Lipinski definition) is 5. The summed E-state index contributed by atoms with van der Waals surface area (Å²) in [4.78, 5) is 50.9. The first-order chi connectivity index (χ1) is 17.5. The molecule has 3 aromatic rings. The molecule has 1 N–H and O–H groups in total. The molecule has 9 nitrogen and oxygen atoms in total. The molecule has 3 aliphatic rings. The molecule has 1 aromatic heterocycles. The molecule has 2 aliphatic heterocycles. The number of likely N-dealkylation sites (tertiary alicyclic amines) is 1. The third kappa shape index (κ3) is 2.93. The van der Waals surface area contributed by atoms with E-state index in [-0.39, 0.29) is 23.7 Å². The Morgan fingerprint density at radius 3 is 2.35 bits per heavy atom. The van der Waals surface area contributed by atoms with Gasteiger partial charge in [-0.25, -0.2) is 23.5 Å². The van der Waals surface area contributed by atoms with E-state index in [0.717, 1.165) is 9.47 Å². The lowest BCUT2D eigenvalue weighted by Gasteiger charge is -2.49. The maximum atomic E-state index is 13.7. The van der Waals surface area contributed by atoms with Gasteiger partial charge in [0, 0.05) is 24.4 Å². The summed E-state index contributed by atoms with van der Waals surface area (Å²) in [6.45, 7) is 0.0200. The van der Waals surface area contributed by atoms with E-state index in [2.05, 4.69) is 0 Å². The van der Waals surface area contributed by atoms with Crippen LogP contribution in [0.15, 0.2) is 69.8 Å². The highest BCUT2D eigenvalue weighted by molar-refractivity contribution is 6.53. The molecule has 0 unspecified atom stereocenters. The molecule has 12 heteroatoms. The lowest BCUT2D eigenvalue weighted by Crippen LogP contribution is -2.59. The number of carbonyl (C=O) groups is 2. The van der Waals surface area contributed by atoms with Crippen LogP contribution in [0, 0.1) is 0 Å². The Morgan fingerprint density at radius 2 is 1.68 bits per heavy atom. The fourth-order valence-electron chi connectivity index (χ4n) is 5.90. The molecule has 2 fully saturated rings. The van der Waals surface area contributed by atoms with Crippen molar-refractivity contribution in [2.45, 2.75) is 34.7 Å². The molecule has 2 aromatic carbocycles. The molecule has 2 amide bonds. The van der Waals surface area contributed by atoms with Crippen molar-refractivity contribution in [2.24, 2.45) is 0 Å². The Morgan fingerprint density at radius 1 is 0.973 bits per heavy atom. The number of fused-ring (bicyclic) bond motifs is 4. The quantitative estimate of drug-likeness (QED) is 0.294. The van der Waals surface area contributed by atoms with Gasteiger partial charge in [-0.2, -0.15) is 0 Å². The number of phenolic OH excluding ortho intramolecular Hbond substituents is 1. The van der Waals surface area contributed by atoms with Crippen molar-refractivity contribution in [3.63, 3.8) is 0 Å². The van der Waals surface area contributed by atoms with E-state index in [1.807, 2.05) is 0 Å². The van der Waals surface area contributed by atoms with Crippen LogP contribution in [-0.2, 0) is 16.1 Å². The monoisotopic (exact) mass is 560 g/mol. The largest absolute Gasteiger partial charge is 0.508 e. The Hall–Kier alpha value is -3.27. The number of allylic oxidation sites excluding steroid dienone is 2. The summed E-state index contributed by atoms with van der Waals surface area (Å²) in [5.74, 6) is -2.53. The fourth-order valence-corrected chi connectivity index (χ4v) is 7.17. The second-order valence-electron chi connectivity index (χ2n) is 9.41. The number of aromatic nitrogens is 3. The number of amides is 2. The smallest absolute Gasteiger partial charge is 0.352 e.